The number of hydrogen-bond acceptors (Lipinski definition) is 6. The number of carbonyl (C=O) groups excluding carboxylic acids is 3. The molecule has 3 amide bonds. The Labute approximate surface area is 173 Å². The fraction of sp³-hybridized carbons (Fsp3) is 0.450. The number of hydrogen-bond donors (Lipinski definition) is 2. The lowest BCUT2D eigenvalue weighted by Crippen LogP contribution is -2.55. The quantitative estimate of drug-likeness (QED) is 0.722. The Morgan fingerprint density at radius 2 is 1.77 bits per heavy atom. The summed E-state index contributed by atoms with van der Waals surface area (Å²) in [7, 11) is 0. The van der Waals surface area contributed by atoms with Crippen LogP contribution in [0.2, 0.25) is 0 Å². The van der Waals surface area contributed by atoms with Crippen molar-refractivity contribution in [2.75, 3.05) is 32.8 Å². The molecule has 0 bridgehead atoms. The van der Waals surface area contributed by atoms with E-state index in [9.17, 15) is 19.2 Å². The van der Waals surface area contributed by atoms with E-state index in [1.807, 2.05) is 0 Å². The molecule has 1 atom stereocenters. The fourth-order valence-corrected chi connectivity index (χ4v) is 3.41. The van der Waals surface area contributed by atoms with Crippen LogP contribution in [-0.2, 0) is 20.7 Å². The minimum atomic E-state index is -0.722. The number of fused-ring (bicyclic) bond motifs is 1. The van der Waals surface area contributed by atoms with Crippen molar-refractivity contribution in [1.29, 1.82) is 0 Å². The first-order valence-corrected chi connectivity index (χ1v) is 9.86. The Bertz CT molecular complexity index is 996. The van der Waals surface area contributed by atoms with Gasteiger partial charge in [0.15, 0.2) is 0 Å². The van der Waals surface area contributed by atoms with Crippen LogP contribution in [-0.4, -0.2) is 76.7 Å². The lowest BCUT2D eigenvalue weighted by atomic mass is 10.1. The summed E-state index contributed by atoms with van der Waals surface area (Å²) in [4.78, 5) is 51.9. The lowest BCUT2D eigenvalue weighted by Gasteiger charge is -2.35. The maximum atomic E-state index is 12.7. The molecule has 2 N–H and O–H groups in total. The second kappa shape index (κ2) is 9.38. The van der Waals surface area contributed by atoms with Gasteiger partial charge in [0.05, 0.1) is 24.1 Å². The molecule has 0 radical (unpaired) electrons. The van der Waals surface area contributed by atoms with Gasteiger partial charge in [0.1, 0.15) is 6.04 Å². The summed E-state index contributed by atoms with van der Waals surface area (Å²) < 4.78 is 4.97. The van der Waals surface area contributed by atoms with Gasteiger partial charge >= 0.3 is 6.09 Å². The molecular formula is C20H25N5O5. The number of nitrogens with one attached hydrogen (secondary N) is 2. The second-order valence-corrected chi connectivity index (χ2v) is 7.02. The van der Waals surface area contributed by atoms with Crippen molar-refractivity contribution < 1.29 is 19.1 Å². The summed E-state index contributed by atoms with van der Waals surface area (Å²) >= 11 is 0. The van der Waals surface area contributed by atoms with Crippen LogP contribution in [0.4, 0.5) is 4.79 Å². The van der Waals surface area contributed by atoms with Crippen LogP contribution in [0.1, 0.15) is 19.5 Å². The molecule has 0 aliphatic carbocycles. The van der Waals surface area contributed by atoms with Gasteiger partial charge < -0.3 is 19.9 Å². The molecule has 10 nitrogen and oxygen atoms in total. The molecule has 30 heavy (non-hydrogen) atoms. The predicted molar refractivity (Wildman–Crippen MR) is 109 cm³/mol. The van der Waals surface area contributed by atoms with E-state index in [-0.39, 0.29) is 29.9 Å². The number of nitrogens with zero attached hydrogens (tertiary/aromatic N) is 3. The first kappa shape index (κ1) is 21.3. The first-order chi connectivity index (χ1) is 14.4. The summed E-state index contributed by atoms with van der Waals surface area (Å²) in [5.74, 6) is -0.586. The van der Waals surface area contributed by atoms with E-state index in [1.165, 1.54) is 0 Å². The first-order valence-electron chi connectivity index (χ1n) is 9.86. The summed E-state index contributed by atoms with van der Waals surface area (Å²) in [6.45, 7) is 5.20. The minimum Gasteiger partial charge on any atom is -0.450 e. The number of rotatable bonds is 5. The zero-order chi connectivity index (χ0) is 21.7. The zero-order valence-electron chi connectivity index (χ0n) is 17.0. The van der Waals surface area contributed by atoms with Gasteiger partial charge in [-0.05, 0) is 19.9 Å². The van der Waals surface area contributed by atoms with Crippen molar-refractivity contribution in [3.63, 3.8) is 0 Å². The van der Waals surface area contributed by atoms with E-state index in [1.54, 1.807) is 47.9 Å². The van der Waals surface area contributed by atoms with Crippen molar-refractivity contribution >= 4 is 28.7 Å². The van der Waals surface area contributed by atoms with Crippen molar-refractivity contribution in [2.24, 2.45) is 0 Å². The third kappa shape index (κ3) is 4.76. The molecule has 1 aliphatic rings. The number of amides is 3. The molecule has 160 valence electrons. The highest BCUT2D eigenvalue weighted by Crippen LogP contribution is 2.13. The van der Waals surface area contributed by atoms with Gasteiger partial charge in [-0.3, -0.25) is 14.4 Å². The van der Waals surface area contributed by atoms with Gasteiger partial charge in [-0.15, -0.1) is 0 Å². The topological polar surface area (TPSA) is 125 Å². The Balaban J connectivity index is 1.56. The average molecular weight is 415 g/mol. The number of H-pyrrole nitrogens is 1. The van der Waals surface area contributed by atoms with Crippen LogP contribution in [0.3, 0.4) is 0 Å². The SMILES string of the molecule is CCOC(=O)N1CCN(C(=O)C(C)NC(=O)Cc2n[nH]c(=O)c3ccccc23)CC1. The standard InChI is InChI=1S/C20H25N5O5/c1-3-30-20(29)25-10-8-24(9-11-25)19(28)13(2)21-17(26)12-16-14-6-4-5-7-15(14)18(27)23-22-16/h4-7,13H,3,8-12H2,1-2H3,(H,21,26)(H,23,27). The monoisotopic (exact) mass is 415 g/mol. The van der Waals surface area contributed by atoms with E-state index >= 15 is 0 Å². The summed E-state index contributed by atoms with van der Waals surface area (Å²) in [6, 6.07) is 6.19. The van der Waals surface area contributed by atoms with E-state index in [2.05, 4.69) is 15.5 Å². The predicted octanol–water partition coefficient (Wildman–Crippen LogP) is 0.271. The van der Waals surface area contributed by atoms with Gasteiger partial charge in [0.2, 0.25) is 11.8 Å². The van der Waals surface area contributed by atoms with Gasteiger partial charge in [-0.1, -0.05) is 18.2 Å². The normalized spacial score (nSPS) is 15.0. The molecular weight excluding hydrogens is 390 g/mol. The lowest BCUT2D eigenvalue weighted by molar-refractivity contribution is -0.137. The molecule has 2 aromatic rings. The summed E-state index contributed by atoms with van der Waals surface area (Å²) in [5.41, 5.74) is 0.116. The molecule has 3 rings (SSSR count). The Morgan fingerprint density at radius 1 is 1.13 bits per heavy atom. The smallest absolute Gasteiger partial charge is 0.409 e. The molecule has 1 saturated heterocycles. The Hall–Kier alpha value is -3.43. The zero-order valence-corrected chi connectivity index (χ0v) is 17.0. The molecule has 1 aliphatic heterocycles. The summed E-state index contributed by atoms with van der Waals surface area (Å²) in [5, 5.41) is 10.1. The van der Waals surface area contributed by atoms with Crippen LogP contribution in [0.25, 0.3) is 10.8 Å². The van der Waals surface area contributed by atoms with Crippen LogP contribution < -0.4 is 10.9 Å². The molecule has 1 fully saturated rings. The highest BCUT2D eigenvalue weighted by Gasteiger charge is 2.28. The Kier molecular flexibility index (Phi) is 6.65. The number of carbonyl (C=O) groups is 3. The molecule has 0 spiro atoms. The third-order valence-corrected chi connectivity index (χ3v) is 4.97. The van der Waals surface area contributed by atoms with Gasteiger partial charge in [0, 0.05) is 31.6 Å². The van der Waals surface area contributed by atoms with E-state index in [0.29, 0.717) is 49.3 Å². The van der Waals surface area contributed by atoms with E-state index in [4.69, 9.17) is 4.74 Å². The molecule has 0 saturated carbocycles. The minimum absolute atomic E-state index is 0.0639. The van der Waals surface area contributed by atoms with Crippen LogP contribution in [0.15, 0.2) is 29.1 Å². The Morgan fingerprint density at radius 3 is 2.43 bits per heavy atom. The highest BCUT2D eigenvalue weighted by molar-refractivity contribution is 5.91. The van der Waals surface area contributed by atoms with Crippen LogP contribution >= 0.6 is 0 Å². The average Bonchev–Trinajstić information content (AvgIpc) is 2.75. The number of piperazine rings is 1. The van der Waals surface area contributed by atoms with Crippen molar-refractivity contribution in [2.45, 2.75) is 26.3 Å². The van der Waals surface area contributed by atoms with E-state index in [0.717, 1.165) is 0 Å². The molecule has 10 heteroatoms. The van der Waals surface area contributed by atoms with Crippen molar-refractivity contribution in [1.82, 2.24) is 25.3 Å². The van der Waals surface area contributed by atoms with Crippen LogP contribution in [0.5, 0.6) is 0 Å². The van der Waals surface area contributed by atoms with Gasteiger partial charge in [0.25, 0.3) is 5.56 Å². The van der Waals surface area contributed by atoms with Crippen LogP contribution in [0, 0.1) is 0 Å². The number of aromatic amines is 1. The summed E-state index contributed by atoms with van der Waals surface area (Å²) in [6.07, 6.45) is -0.447. The largest absolute Gasteiger partial charge is 0.450 e. The van der Waals surface area contributed by atoms with Crippen molar-refractivity contribution in [3.05, 3.63) is 40.3 Å². The number of aromatic nitrogens is 2. The maximum absolute atomic E-state index is 12.7. The third-order valence-electron chi connectivity index (χ3n) is 4.97. The fourth-order valence-electron chi connectivity index (χ4n) is 3.41. The van der Waals surface area contributed by atoms with Crippen molar-refractivity contribution in [3.8, 4) is 0 Å². The second-order valence-electron chi connectivity index (χ2n) is 7.02. The number of ether oxygens (including phenoxy) is 1. The van der Waals surface area contributed by atoms with Gasteiger partial charge in [-0.25, -0.2) is 9.89 Å². The van der Waals surface area contributed by atoms with Gasteiger partial charge in [-0.2, -0.15) is 5.10 Å². The number of benzene rings is 1. The molecule has 1 aromatic heterocycles. The van der Waals surface area contributed by atoms with E-state index < -0.39 is 6.04 Å². The highest BCUT2D eigenvalue weighted by atomic mass is 16.6. The molecule has 2 heterocycles. The molecule has 1 unspecified atom stereocenters. The molecule has 1 aromatic carbocycles. The maximum Gasteiger partial charge on any atom is 0.409 e.